The maximum atomic E-state index is 9.68. The number of benzene rings is 1. The summed E-state index contributed by atoms with van der Waals surface area (Å²) in [5.41, 5.74) is 1.54. The molecule has 1 aliphatic heterocycles. The normalized spacial score (nSPS) is 15.3. The Bertz CT molecular complexity index is 559. The molecule has 0 bridgehead atoms. The lowest BCUT2D eigenvalue weighted by atomic mass is 10.1. The standard InChI is InChI=1S/C13H15N3O2/c1-9-10(5-4-6-11(9)17)12-14-13(15-18-12)16-7-2-3-8-16/h4-6,17H,2-3,7-8H2,1H3. The fraction of sp³-hybridized carbons (Fsp3) is 0.385. The van der Waals surface area contributed by atoms with Crippen LogP contribution in [0, 0.1) is 6.92 Å². The molecule has 0 saturated carbocycles. The highest BCUT2D eigenvalue weighted by Crippen LogP contribution is 2.29. The van der Waals surface area contributed by atoms with Gasteiger partial charge < -0.3 is 14.5 Å². The zero-order chi connectivity index (χ0) is 12.5. The average molecular weight is 245 g/mol. The smallest absolute Gasteiger partial charge is 0.266 e. The van der Waals surface area contributed by atoms with Gasteiger partial charge in [-0.25, -0.2) is 0 Å². The molecule has 5 heteroatoms. The highest BCUT2D eigenvalue weighted by molar-refractivity contribution is 5.62. The monoisotopic (exact) mass is 245 g/mol. The maximum Gasteiger partial charge on any atom is 0.266 e. The second-order valence-electron chi connectivity index (χ2n) is 4.54. The Kier molecular flexibility index (Phi) is 2.66. The largest absolute Gasteiger partial charge is 0.508 e. The summed E-state index contributed by atoms with van der Waals surface area (Å²) in [6.45, 7) is 3.81. The first-order valence-electron chi connectivity index (χ1n) is 6.13. The fourth-order valence-electron chi connectivity index (χ4n) is 2.23. The molecule has 0 atom stereocenters. The first-order valence-corrected chi connectivity index (χ1v) is 6.13. The topological polar surface area (TPSA) is 62.4 Å². The number of phenolic OH excluding ortho intramolecular Hbond substituents is 1. The van der Waals surface area contributed by atoms with Gasteiger partial charge in [-0.3, -0.25) is 0 Å². The van der Waals surface area contributed by atoms with E-state index in [1.807, 2.05) is 13.0 Å². The van der Waals surface area contributed by atoms with E-state index in [4.69, 9.17) is 4.52 Å². The van der Waals surface area contributed by atoms with Crippen LogP contribution < -0.4 is 4.90 Å². The van der Waals surface area contributed by atoms with Crippen LogP contribution in [0.3, 0.4) is 0 Å². The van der Waals surface area contributed by atoms with E-state index < -0.39 is 0 Å². The van der Waals surface area contributed by atoms with Crippen molar-refractivity contribution in [1.82, 2.24) is 10.1 Å². The lowest BCUT2D eigenvalue weighted by Crippen LogP contribution is -2.18. The number of rotatable bonds is 2. The number of hydrogen-bond donors (Lipinski definition) is 1. The van der Waals surface area contributed by atoms with Crippen molar-refractivity contribution in [3.63, 3.8) is 0 Å². The van der Waals surface area contributed by atoms with Crippen molar-refractivity contribution < 1.29 is 9.63 Å². The van der Waals surface area contributed by atoms with Gasteiger partial charge in [-0.05, 0) is 37.1 Å². The Morgan fingerprint density at radius 1 is 1.28 bits per heavy atom. The fourth-order valence-corrected chi connectivity index (χ4v) is 2.23. The molecule has 1 N–H and O–H groups in total. The van der Waals surface area contributed by atoms with E-state index >= 15 is 0 Å². The van der Waals surface area contributed by atoms with Crippen molar-refractivity contribution in [3.05, 3.63) is 23.8 Å². The van der Waals surface area contributed by atoms with Gasteiger partial charge in [0.2, 0.25) is 0 Å². The van der Waals surface area contributed by atoms with Crippen LogP contribution in [0.25, 0.3) is 11.5 Å². The molecule has 2 heterocycles. The molecule has 1 aromatic carbocycles. The summed E-state index contributed by atoms with van der Waals surface area (Å²) in [7, 11) is 0. The van der Waals surface area contributed by atoms with Gasteiger partial charge in [0.1, 0.15) is 5.75 Å². The third kappa shape index (κ3) is 1.81. The summed E-state index contributed by atoms with van der Waals surface area (Å²) in [5, 5.41) is 13.7. The molecule has 18 heavy (non-hydrogen) atoms. The van der Waals surface area contributed by atoms with Crippen molar-refractivity contribution >= 4 is 5.95 Å². The molecule has 0 spiro atoms. The van der Waals surface area contributed by atoms with Crippen LogP contribution in [0.15, 0.2) is 22.7 Å². The molecule has 0 aliphatic carbocycles. The van der Waals surface area contributed by atoms with Gasteiger partial charge in [0.25, 0.3) is 11.8 Å². The highest BCUT2D eigenvalue weighted by Gasteiger charge is 2.19. The number of phenols is 1. The summed E-state index contributed by atoms with van der Waals surface area (Å²) >= 11 is 0. The Morgan fingerprint density at radius 2 is 2.06 bits per heavy atom. The quantitative estimate of drug-likeness (QED) is 0.880. The van der Waals surface area contributed by atoms with Crippen molar-refractivity contribution in [1.29, 1.82) is 0 Å². The van der Waals surface area contributed by atoms with Gasteiger partial charge in [-0.15, -0.1) is 0 Å². The zero-order valence-electron chi connectivity index (χ0n) is 10.3. The van der Waals surface area contributed by atoms with Gasteiger partial charge >= 0.3 is 0 Å². The molecule has 3 rings (SSSR count). The Balaban J connectivity index is 1.95. The molecule has 5 nitrogen and oxygen atoms in total. The van der Waals surface area contributed by atoms with Gasteiger partial charge in [-0.1, -0.05) is 6.07 Å². The summed E-state index contributed by atoms with van der Waals surface area (Å²) in [6, 6.07) is 5.30. The van der Waals surface area contributed by atoms with Crippen molar-refractivity contribution in [3.8, 4) is 17.2 Å². The SMILES string of the molecule is Cc1c(O)cccc1-c1nc(N2CCCC2)no1. The van der Waals surface area contributed by atoms with Crippen LogP contribution in [0.1, 0.15) is 18.4 Å². The van der Waals surface area contributed by atoms with E-state index in [2.05, 4.69) is 15.0 Å². The Morgan fingerprint density at radius 3 is 2.83 bits per heavy atom. The average Bonchev–Trinajstić information content (AvgIpc) is 3.01. The minimum atomic E-state index is 0.244. The van der Waals surface area contributed by atoms with Crippen LogP contribution in [0.2, 0.25) is 0 Å². The van der Waals surface area contributed by atoms with Crippen LogP contribution in [0.4, 0.5) is 5.95 Å². The number of hydrogen-bond acceptors (Lipinski definition) is 5. The molecular weight excluding hydrogens is 230 g/mol. The molecule has 0 unspecified atom stereocenters. The third-order valence-corrected chi connectivity index (χ3v) is 3.34. The lowest BCUT2D eigenvalue weighted by molar-refractivity contribution is 0.428. The van der Waals surface area contributed by atoms with Crippen LogP contribution in [-0.4, -0.2) is 28.3 Å². The van der Waals surface area contributed by atoms with E-state index in [1.165, 1.54) is 12.8 Å². The Hall–Kier alpha value is -2.04. The zero-order valence-corrected chi connectivity index (χ0v) is 10.3. The molecular formula is C13H15N3O2. The summed E-state index contributed by atoms with van der Waals surface area (Å²) in [6.07, 6.45) is 2.35. The van der Waals surface area contributed by atoms with Crippen molar-refractivity contribution in [2.24, 2.45) is 0 Å². The summed E-state index contributed by atoms with van der Waals surface area (Å²) < 4.78 is 5.29. The van der Waals surface area contributed by atoms with Crippen LogP contribution >= 0.6 is 0 Å². The van der Waals surface area contributed by atoms with Gasteiger partial charge in [-0.2, -0.15) is 4.98 Å². The Labute approximate surface area is 105 Å². The second-order valence-corrected chi connectivity index (χ2v) is 4.54. The maximum absolute atomic E-state index is 9.68. The highest BCUT2D eigenvalue weighted by atomic mass is 16.5. The molecule has 1 aliphatic rings. The number of aromatic nitrogens is 2. The van der Waals surface area contributed by atoms with Crippen LogP contribution in [0.5, 0.6) is 5.75 Å². The van der Waals surface area contributed by atoms with E-state index in [0.717, 1.165) is 24.2 Å². The van der Waals surface area contributed by atoms with Gasteiger partial charge in [0.15, 0.2) is 0 Å². The molecule has 0 amide bonds. The molecule has 94 valence electrons. The third-order valence-electron chi connectivity index (χ3n) is 3.34. The van der Waals surface area contributed by atoms with E-state index in [9.17, 15) is 5.11 Å². The number of nitrogens with zero attached hydrogens (tertiary/aromatic N) is 3. The van der Waals surface area contributed by atoms with Gasteiger partial charge in [0, 0.05) is 24.2 Å². The molecule has 1 fully saturated rings. The number of aromatic hydroxyl groups is 1. The summed E-state index contributed by atoms with van der Waals surface area (Å²) in [5.74, 6) is 1.35. The molecule has 2 aromatic rings. The first kappa shape index (κ1) is 11.1. The van der Waals surface area contributed by atoms with E-state index in [-0.39, 0.29) is 5.75 Å². The molecule has 1 aromatic heterocycles. The summed E-state index contributed by atoms with van der Waals surface area (Å²) in [4.78, 5) is 6.52. The molecule has 0 radical (unpaired) electrons. The molecule has 1 saturated heterocycles. The van der Waals surface area contributed by atoms with Crippen LogP contribution in [-0.2, 0) is 0 Å². The van der Waals surface area contributed by atoms with Crippen molar-refractivity contribution in [2.75, 3.05) is 18.0 Å². The van der Waals surface area contributed by atoms with Gasteiger partial charge in [0.05, 0.1) is 0 Å². The predicted octanol–water partition coefficient (Wildman–Crippen LogP) is 2.35. The lowest BCUT2D eigenvalue weighted by Gasteiger charge is -2.09. The minimum Gasteiger partial charge on any atom is -0.508 e. The first-order chi connectivity index (χ1) is 8.75. The minimum absolute atomic E-state index is 0.244. The van der Waals surface area contributed by atoms with Crippen molar-refractivity contribution in [2.45, 2.75) is 19.8 Å². The second kappa shape index (κ2) is 4.33. The van der Waals surface area contributed by atoms with E-state index in [0.29, 0.717) is 11.8 Å². The predicted molar refractivity (Wildman–Crippen MR) is 67.6 cm³/mol. The van der Waals surface area contributed by atoms with E-state index in [1.54, 1.807) is 12.1 Å². The number of anilines is 1.